The molecule has 0 saturated carbocycles. The van der Waals surface area contributed by atoms with Crippen molar-refractivity contribution < 1.29 is 4.43 Å². The Kier molecular flexibility index (Phi) is 4.19. The van der Waals surface area contributed by atoms with Crippen molar-refractivity contribution in [2.75, 3.05) is 0 Å². The molecule has 0 amide bonds. The highest BCUT2D eigenvalue weighted by Gasteiger charge is 2.06. The summed E-state index contributed by atoms with van der Waals surface area (Å²) in [6.07, 6.45) is 1.19. The van der Waals surface area contributed by atoms with Gasteiger partial charge in [0.15, 0.2) is 0 Å². The highest BCUT2D eigenvalue weighted by atomic mass is 28.2. The Morgan fingerprint density at radius 2 is 2.08 bits per heavy atom. The van der Waals surface area contributed by atoms with Crippen LogP contribution in [0.1, 0.15) is 37.3 Å². The number of benzene rings is 1. The molecule has 0 fully saturated rings. The lowest BCUT2D eigenvalue weighted by Crippen LogP contribution is -1.99. The van der Waals surface area contributed by atoms with Crippen LogP contribution in [0.2, 0.25) is 0 Å². The molecule has 1 nitrogen and oxygen atoms in total. The van der Waals surface area contributed by atoms with E-state index in [0.717, 1.165) is 17.1 Å². The Labute approximate surface area is 83.7 Å². The van der Waals surface area contributed by atoms with Crippen LogP contribution in [0.5, 0.6) is 0 Å². The number of hydrogen-bond acceptors (Lipinski definition) is 1. The summed E-state index contributed by atoms with van der Waals surface area (Å²) in [6.45, 7) is 5.28. The third-order valence-corrected chi connectivity index (χ3v) is 2.79. The topological polar surface area (TPSA) is 9.23 Å². The first kappa shape index (κ1) is 10.5. The zero-order valence-electron chi connectivity index (χ0n) is 8.71. The summed E-state index contributed by atoms with van der Waals surface area (Å²) in [5.74, 6) is 0.646. The van der Waals surface area contributed by atoms with Gasteiger partial charge in [-0.15, -0.1) is 0 Å². The van der Waals surface area contributed by atoms with Crippen molar-refractivity contribution >= 4 is 10.5 Å². The second-order valence-corrected chi connectivity index (χ2v) is 4.02. The van der Waals surface area contributed by atoms with Crippen LogP contribution >= 0.6 is 0 Å². The monoisotopic (exact) mass is 194 g/mol. The van der Waals surface area contributed by atoms with Gasteiger partial charge in [-0.25, -0.2) is 0 Å². The molecule has 0 aromatic heterocycles. The van der Waals surface area contributed by atoms with Gasteiger partial charge in [0, 0.05) is 0 Å². The second kappa shape index (κ2) is 5.20. The lowest BCUT2D eigenvalue weighted by molar-refractivity contribution is 0.336. The summed E-state index contributed by atoms with van der Waals surface area (Å²) >= 11 is 0. The van der Waals surface area contributed by atoms with Crippen molar-refractivity contribution in [2.24, 2.45) is 0 Å². The van der Waals surface area contributed by atoms with Gasteiger partial charge >= 0.3 is 0 Å². The summed E-state index contributed by atoms with van der Waals surface area (Å²) in [5, 5.41) is 0. The van der Waals surface area contributed by atoms with Gasteiger partial charge in [0.2, 0.25) is 0 Å². The van der Waals surface area contributed by atoms with E-state index in [0.29, 0.717) is 5.92 Å². The van der Waals surface area contributed by atoms with Gasteiger partial charge in [0.05, 0.1) is 6.61 Å². The first-order valence-corrected chi connectivity index (χ1v) is 5.68. The minimum absolute atomic E-state index is 0.646. The van der Waals surface area contributed by atoms with Crippen molar-refractivity contribution in [1.82, 2.24) is 0 Å². The highest BCUT2D eigenvalue weighted by molar-refractivity contribution is 5.97. The van der Waals surface area contributed by atoms with E-state index < -0.39 is 0 Å². The molecule has 0 spiro atoms. The molecule has 72 valence electrons. The standard InChI is InChI=1S/C11H18OSi/c1-3-9(2)11-7-5-4-6-10(11)8-12-13/h4-7,9H,3,8H2,1-2,13H3. The lowest BCUT2D eigenvalue weighted by atomic mass is 9.94. The minimum Gasteiger partial charge on any atom is -0.424 e. The SMILES string of the molecule is CCC(C)c1ccccc1CO[SiH3]. The molecule has 0 saturated heterocycles. The quantitative estimate of drug-likeness (QED) is 0.666. The minimum atomic E-state index is 0.646. The zero-order valence-corrected chi connectivity index (χ0v) is 10.7. The van der Waals surface area contributed by atoms with E-state index in [1.54, 1.807) is 0 Å². The fraction of sp³-hybridized carbons (Fsp3) is 0.455. The Balaban J connectivity index is 2.90. The third-order valence-electron chi connectivity index (χ3n) is 2.50. The average Bonchev–Trinajstić information content (AvgIpc) is 2.18. The van der Waals surface area contributed by atoms with Crippen molar-refractivity contribution in [3.63, 3.8) is 0 Å². The van der Waals surface area contributed by atoms with Gasteiger partial charge in [-0.1, -0.05) is 38.1 Å². The Morgan fingerprint density at radius 3 is 2.69 bits per heavy atom. The maximum Gasteiger partial charge on any atom is 0.146 e. The fourth-order valence-corrected chi connectivity index (χ4v) is 1.83. The average molecular weight is 194 g/mol. The van der Waals surface area contributed by atoms with Crippen LogP contribution in [-0.2, 0) is 11.0 Å². The van der Waals surface area contributed by atoms with Gasteiger partial charge in [-0.05, 0) is 23.5 Å². The molecule has 0 bridgehead atoms. The van der Waals surface area contributed by atoms with Crippen LogP contribution in [0.4, 0.5) is 0 Å². The highest BCUT2D eigenvalue weighted by Crippen LogP contribution is 2.22. The summed E-state index contributed by atoms with van der Waals surface area (Å²) in [6, 6.07) is 8.57. The molecular formula is C11H18OSi. The van der Waals surface area contributed by atoms with Crippen molar-refractivity contribution in [2.45, 2.75) is 32.8 Å². The maximum absolute atomic E-state index is 5.30. The zero-order chi connectivity index (χ0) is 9.68. The van der Waals surface area contributed by atoms with Gasteiger partial charge < -0.3 is 4.43 Å². The second-order valence-electron chi connectivity index (χ2n) is 3.44. The van der Waals surface area contributed by atoms with Crippen LogP contribution < -0.4 is 0 Å². The van der Waals surface area contributed by atoms with Crippen LogP contribution in [-0.4, -0.2) is 10.5 Å². The van der Waals surface area contributed by atoms with Gasteiger partial charge in [0.25, 0.3) is 0 Å². The summed E-state index contributed by atoms with van der Waals surface area (Å²) in [5.41, 5.74) is 2.80. The molecular weight excluding hydrogens is 176 g/mol. The predicted molar refractivity (Wildman–Crippen MR) is 59.9 cm³/mol. The largest absolute Gasteiger partial charge is 0.424 e. The summed E-state index contributed by atoms with van der Waals surface area (Å²) < 4.78 is 5.30. The normalized spacial score (nSPS) is 13.1. The Hall–Kier alpha value is -0.603. The number of hydrogen-bond donors (Lipinski definition) is 0. The first-order valence-electron chi connectivity index (χ1n) is 4.86. The van der Waals surface area contributed by atoms with E-state index in [4.69, 9.17) is 4.43 Å². The van der Waals surface area contributed by atoms with E-state index in [1.807, 2.05) is 0 Å². The molecule has 0 aliphatic carbocycles. The number of rotatable bonds is 4. The van der Waals surface area contributed by atoms with Crippen LogP contribution in [0.25, 0.3) is 0 Å². The molecule has 0 aliphatic rings. The summed E-state index contributed by atoms with van der Waals surface area (Å²) in [4.78, 5) is 0. The fourth-order valence-electron chi connectivity index (χ4n) is 1.52. The molecule has 13 heavy (non-hydrogen) atoms. The van der Waals surface area contributed by atoms with E-state index in [1.165, 1.54) is 17.5 Å². The van der Waals surface area contributed by atoms with E-state index in [2.05, 4.69) is 38.1 Å². The smallest absolute Gasteiger partial charge is 0.146 e. The maximum atomic E-state index is 5.30. The molecule has 0 radical (unpaired) electrons. The van der Waals surface area contributed by atoms with Crippen molar-refractivity contribution in [1.29, 1.82) is 0 Å². The first-order chi connectivity index (χ1) is 6.29. The molecule has 0 aliphatic heterocycles. The predicted octanol–water partition coefficient (Wildman–Crippen LogP) is 2.00. The molecule has 1 rings (SSSR count). The molecule has 1 atom stereocenters. The molecule has 1 aromatic carbocycles. The molecule has 1 unspecified atom stereocenters. The Morgan fingerprint density at radius 1 is 1.38 bits per heavy atom. The van der Waals surface area contributed by atoms with Gasteiger partial charge in [0.1, 0.15) is 10.5 Å². The van der Waals surface area contributed by atoms with E-state index >= 15 is 0 Å². The van der Waals surface area contributed by atoms with Gasteiger partial charge in [-0.3, -0.25) is 0 Å². The van der Waals surface area contributed by atoms with E-state index in [-0.39, 0.29) is 0 Å². The third kappa shape index (κ3) is 2.67. The van der Waals surface area contributed by atoms with Crippen LogP contribution in [0.15, 0.2) is 24.3 Å². The Bertz CT molecular complexity index is 260. The van der Waals surface area contributed by atoms with Crippen molar-refractivity contribution in [3.05, 3.63) is 35.4 Å². The molecule has 0 heterocycles. The van der Waals surface area contributed by atoms with E-state index in [9.17, 15) is 0 Å². The molecule has 1 aromatic rings. The molecule has 0 N–H and O–H groups in total. The summed E-state index contributed by atoms with van der Waals surface area (Å²) in [7, 11) is 0.819. The van der Waals surface area contributed by atoms with Crippen LogP contribution in [0.3, 0.4) is 0 Å². The van der Waals surface area contributed by atoms with Crippen LogP contribution in [0, 0.1) is 0 Å². The van der Waals surface area contributed by atoms with Crippen molar-refractivity contribution in [3.8, 4) is 0 Å². The lowest BCUT2D eigenvalue weighted by Gasteiger charge is -2.14. The molecule has 2 heteroatoms. The van der Waals surface area contributed by atoms with Gasteiger partial charge in [-0.2, -0.15) is 0 Å².